The molecule has 1 amide bonds. The zero-order valence-corrected chi connectivity index (χ0v) is 16.2. The van der Waals surface area contributed by atoms with E-state index in [0.29, 0.717) is 0 Å². The molecule has 3 nitrogen and oxygen atoms in total. The van der Waals surface area contributed by atoms with Crippen LogP contribution >= 0.6 is 0 Å². The van der Waals surface area contributed by atoms with E-state index in [-0.39, 0.29) is 17.2 Å². The Morgan fingerprint density at radius 1 is 0.929 bits per heavy atom. The second-order valence-corrected chi connectivity index (χ2v) is 7.61. The highest BCUT2D eigenvalue weighted by Gasteiger charge is 2.60. The van der Waals surface area contributed by atoms with Crippen LogP contribution in [-0.2, 0) is 10.2 Å². The summed E-state index contributed by atoms with van der Waals surface area (Å²) in [7, 11) is 0. The van der Waals surface area contributed by atoms with Gasteiger partial charge in [0.1, 0.15) is 0 Å². The minimum absolute atomic E-state index is 0.0322. The molecule has 0 aliphatic heterocycles. The Kier molecular flexibility index (Phi) is 4.82. The predicted molar refractivity (Wildman–Crippen MR) is 113 cm³/mol. The Hall–Kier alpha value is -3.20. The second kappa shape index (κ2) is 7.43. The van der Waals surface area contributed by atoms with E-state index in [1.807, 2.05) is 30.3 Å². The zero-order valence-electron chi connectivity index (χ0n) is 16.2. The van der Waals surface area contributed by atoms with Crippen LogP contribution in [0.3, 0.4) is 0 Å². The fourth-order valence-electron chi connectivity index (χ4n) is 4.02. The van der Waals surface area contributed by atoms with Gasteiger partial charge in [-0.1, -0.05) is 90.0 Å². The summed E-state index contributed by atoms with van der Waals surface area (Å²) in [5, 5.41) is 4.17. The number of amides is 1. The van der Waals surface area contributed by atoms with Crippen molar-refractivity contribution in [3.63, 3.8) is 0 Å². The number of hydrazone groups is 1. The van der Waals surface area contributed by atoms with Crippen molar-refractivity contribution in [3.8, 4) is 0 Å². The van der Waals surface area contributed by atoms with Crippen molar-refractivity contribution >= 4 is 12.1 Å². The molecular formula is C25H24N2O. The number of hydrogen-bond donors (Lipinski definition) is 1. The fraction of sp³-hybridized carbons (Fsp3) is 0.200. The molecule has 0 saturated heterocycles. The van der Waals surface area contributed by atoms with Crippen molar-refractivity contribution in [2.75, 3.05) is 0 Å². The van der Waals surface area contributed by atoms with Crippen LogP contribution in [0.5, 0.6) is 0 Å². The van der Waals surface area contributed by atoms with Gasteiger partial charge in [-0.2, -0.15) is 5.10 Å². The highest BCUT2D eigenvalue weighted by Crippen LogP contribution is 2.59. The van der Waals surface area contributed by atoms with E-state index in [0.717, 1.165) is 12.0 Å². The standard InChI is InChI=1S/C25H24N2O/c1-18-8-6-12-21(14-18)25(22-13-7-9-19(2)15-22)16-23(25)24(28)27-26-17-20-10-4-3-5-11-20/h3-15,17,23H,16H2,1-2H3,(H,27,28)/b26-17-/t23-/m1/s1. The van der Waals surface area contributed by atoms with Crippen LogP contribution in [0.25, 0.3) is 0 Å². The first kappa shape index (κ1) is 18.2. The molecule has 1 fully saturated rings. The number of rotatable bonds is 5. The maximum atomic E-state index is 12.9. The lowest BCUT2D eigenvalue weighted by Gasteiger charge is -2.19. The van der Waals surface area contributed by atoms with Gasteiger partial charge in [0.15, 0.2) is 0 Å². The van der Waals surface area contributed by atoms with E-state index in [1.54, 1.807) is 6.21 Å². The first-order valence-electron chi connectivity index (χ1n) is 9.62. The summed E-state index contributed by atoms with van der Waals surface area (Å²) in [6.45, 7) is 4.18. The molecule has 0 unspecified atom stereocenters. The summed E-state index contributed by atoms with van der Waals surface area (Å²) in [5.41, 5.74) is 8.25. The van der Waals surface area contributed by atoms with Crippen molar-refractivity contribution in [2.45, 2.75) is 25.7 Å². The monoisotopic (exact) mass is 368 g/mol. The Balaban J connectivity index is 1.60. The molecule has 1 saturated carbocycles. The molecule has 1 aliphatic rings. The maximum Gasteiger partial charge on any atom is 0.244 e. The lowest BCUT2D eigenvalue weighted by Crippen LogP contribution is -2.25. The van der Waals surface area contributed by atoms with Gasteiger partial charge in [0.05, 0.1) is 12.1 Å². The Bertz CT molecular complexity index is 978. The number of nitrogens with zero attached hydrogens (tertiary/aromatic N) is 1. The molecule has 0 bridgehead atoms. The lowest BCUT2D eigenvalue weighted by molar-refractivity contribution is -0.122. The Morgan fingerprint density at radius 2 is 1.54 bits per heavy atom. The smallest absolute Gasteiger partial charge is 0.244 e. The summed E-state index contributed by atoms with van der Waals surface area (Å²) in [6, 6.07) is 26.8. The fourth-order valence-corrected chi connectivity index (χ4v) is 4.02. The molecule has 1 N–H and O–H groups in total. The predicted octanol–water partition coefficient (Wildman–Crippen LogP) is 4.76. The highest BCUT2D eigenvalue weighted by molar-refractivity contribution is 5.87. The minimum atomic E-state index is -0.273. The molecule has 1 aliphatic carbocycles. The van der Waals surface area contributed by atoms with Crippen molar-refractivity contribution in [2.24, 2.45) is 11.0 Å². The molecular weight excluding hydrogens is 344 g/mol. The Labute approximate surface area is 166 Å². The van der Waals surface area contributed by atoms with Gasteiger partial charge in [-0.25, -0.2) is 5.43 Å². The van der Waals surface area contributed by atoms with Crippen LogP contribution in [0.4, 0.5) is 0 Å². The van der Waals surface area contributed by atoms with Crippen molar-refractivity contribution in [1.29, 1.82) is 0 Å². The third-order valence-corrected chi connectivity index (χ3v) is 5.53. The second-order valence-electron chi connectivity index (χ2n) is 7.61. The number of aryl methyl sites for hydroxylation is 2. The third-order valence-electron chi connectivity index (χ3n) is 5.53. The largest absolute Gasteiger partial charge is 0.273 e. The molecule has 3 aromatic rings. The number of nitrogens with one attached hydrogen (secondary N) is 1. The Morgan fingerprint density at radius 3 is 2.11 bits per heavy atom. The maximum absolute atomic E-state index is 12.9. The van der Waals surface area contributed by atoms with Crippen LogP contribution in [0, 0.1) is 19.8 Å². The van der Waals surface area contributed by atoms with E-state index in [4.69, 9.17) is 0 Å². The van der Waals surface area contributed by atoms with Gasteiger partial charge in [0, 0.05) is 5.41 Å². The third kappa shape index (κ3) is 3.48. The highest BCUT2D eigenvalue weighted by atomic mass is 16.2. The van der Waals surface area contributed by atoms with Gasteiger partial charge in [0.25, 0.3) is 0 Å². The molecule has 0 spiro atoms. The summed E-state index contributed by atoms with van der Waals surface area (Å²) < 4.78 is 0. The van der Waals surface area contributed by atoms with Crippen LogP contribution in [0.15, 0.2) is 84.0 Å². The molecule has 4 rings (SSSR count). The van der Waals surface area contributed by atoms with Crippen LogP contribution < -0.4 is 5.43 Å². The number of carbonyl (C=O) groups excluding carboxylic acids is 1. The number of carbonyl (C=O) groups is 1. The van der Waals surface area contributed by atoms with E-state index < -0.39 is 0 Å². The molecule has 1 atom stereocenters. The van der Waals surface area contributed by atoms with E-state index in [9.17, 15) is 4.79 Å². The van der Waals surface area contributed by atoms with Crippen LogP contribution in [0.1, 0.15) is 34.2 Å². The van der Waals surface area contributed by atoms with Crippen molar-refractivity contribution in [1.82, 2.24) is 5.43 Å². The summed E-state index contributed by atoms with van der Waals surface area (Å²) in [5.74, 6) is -0.154. The van der Waals surface area contributed by atoms with Gasteiger partial charge in [-0.05, 0) is 37.0 Å². The molecule has 0 aromatic heterocycles. The molecule has 28 heavy (non-hydrogen) atoms. The molecule has 3 aromatic carbocycles. The molecule has 3 heteroatoms. The van der Waals surface area contributed by atoms with Gasteiger partial charge in [-0.15, -0.1) is 0 Å². The molecule has 0 heterocycles. The average molecular weight is 368 g/mol. The van der Waals surface area contributed by atoms with Crippen molar-refractivity contribution < 1.29 is 4.79 Å². The molecule has 140 valence electrons. The summed E-state index contributed by atoms with van der Waals surface area (Å²) >= 11 is 0. The van der Waals surface area contributed by atoms with Gasteiger partial charge < -0.3 is 0 Å². The minimum Gasteiger partial charge on any atom is -0.273 e. The van der Waals surface area contributed by atoms with Gasteiger partial charge >= 0.3 is 0 Å². The van der Waals surface area contributed by atoms with Crippen LogP contribution in [-0.4, -0.2) is 12.1 Å². The quantitative estimate of drug-likeness (QED) is 0.512. The van der Waals surface area contributed by atoms with Gasteiger partial charge in [-0.3, -0.25) is 4.79 Å². The van der Waals surface area contributed by atoms with E-state index in [1.165, 1.54) is 22.3 Å². The summed E-state index contributed by atoms with van der Waals surface area (Å²) in [6.07, 6.45) is 2.48. The SMILES string of the molecule is Cc1cccc(C2(c3cccc(C)c3)C[C@@H]2C(=O)N/N=C\c2ccccc2)c1. The van der Waals surface area contributed by atoms with Gasteiger partial charge in [0.2, 0.25) is 5.91 Å². The first-order valence-corrected chi connectivity index (χ1v) is 9.62. The van der Waals surface area contributed by atoms with Crippen molar-refractivity contribution in [3.05, 3.63) is 107 Å². The summed E-state index contributed by atoms with van der Waals surface area (Å²) in [4.78, 5) is 12.9. The average Bonchev–Trinajstić information content (AvgIpc) is 3.46. The molecule has 0 radical (unpaired) electrons. The lowest BCUT2D eigenvalue weighted by atomic mass is 9.84. The zero-order chi connectivity index (χ0) is 19.6. The van der Waals surface area contributed by atoms with E-state index >= 15 is 0 Å². The number of benzene rings is 3. The van der Waals surface area contributed by atoms with Crippen LogP contribution in [0.2, 0.25) is 0 Å². The van der Waals surface area contributed by atoms with E-state index in [2.05, 4.69) is 72.9 Å². The first-order chi connectivity index (χ1) is 13.6. The normalized spacial score (nSPS) is 17.4. The number of hydrogen-bond acceptors (Lipinski definition) is 2. The topological polar surface area (TPSA) is 41.5 Å².